The van der Waals surface area contributed by atoms with Crippen LogP contribution in [0.15, 0.2) is 29.2 Å². The Kier molecular flexibility index (Phi) is 4.27. The fourth-order valence-electron chi connectivity index (χ4n) is 3.17. The maximum atomic E-state index is 12.3. The van der Waals surface area contributed by atoms with Crippen molar-refractivity contribution in [2.24, 2.45) is 5.92 Å². The van der Waals surface area contributed by atoms with Crippen LogP contribution in [0.5, 0.6) is 0 Å². The molecule has 114 valence electrons. The van der Waals surface area contributed by atoms with Gasteiger partial charge in [0.25, 0.3) is 0 Å². The molecule has 1 fully saturated rings. The van der Waals surface area contributed by atoms with Crippen LogP contribution in [0.4, 0.5) is 0 Å². The van der Waals surface area contributed by atoms with Gasteiger partial charge in [-0.1, -0.05) is 25.1 Å². The molecule has 1 aliphatic heterocycles. The van der Waals surface area contributed by atoms with E-state index in [-0.39, 0.29) is 11.2 Å². The van der Waals surface area contributed by atoms with Crippen LogP contribution >= 0.6 is 11.8 Å². The number of hydrogen-bond acceptors (Lipinski definition) is 3. The second-order valence-electron chi connectivity index (χ2n) is 6.54. The topological polar surface area (TPSA) is 49.3 Å². The number of carbonyl (C=O) groups excluding carboxylic acids is 1. The molecule has 0 saturated heterocycles. The summed E-state index contributed by atoms with van der Waals surface area (Å²) in [5.74, 6) is 0.754. The monoisotopic (exact) mass is 305 g/mol. The average molecular weight is 305 g/mol. The minimum atomic E-state index is -0.696. The number of fused-ring (bicyclic) bond motifs is 1. The van der Waals surface area contributed by atoms with E-state index in [9.17, 15) is 9.90 Å². The maximum Gasteiger partial charge on any atom is 0.233 e. The molecule has 1 aromatic carbocycles. The molecule has 1 amide bonds. The van der Waals surface area contributed by atoms with Crippen molar-refractivity contribution in [3.63, 3.8) is 0 Å². The highest BCUT2D eigenvalue weighted by atomic mass is 32.2. The lowest BCUT2D eigenvalue weighted by molar-refractivity contribution is -0.122. The molecule has 1 saturated carbocycles. The van der Waals surface area contributed by atoms with E-state index in [0.29, 0.717) is 12.5 Å². The van der Waals surface area contributed by atoms with Crippen molar-refractivity contribution in [1.29, 1.82) is 0 Å². The Balaban J connectivity index is 1.52. The van der Waals surface area contributed by atoms with Crippen molar-refractivity contribution in [3.8, 4) is 0 Å². The Morgan fingerprint density at radius 2 is 2.10 bits per heavy atom. The van der Waals surface area contributed by atoms with Crippen molar-refractivity contribution >= 4 is 17.7 Å². The van der Waals surface area contributed by atoms with Crippen LogP contribution < -0.4 is 5.32 Å². The van der Waals surface area contributed by atoms with Gasteiger partial charge in [-0.25, -0.2) is 0 Å². The molecule has 3 rings (SSSR count). The largest absolute Gasteiger partial charge is 0.388 e. The van der Waals surface area contributed by atoms with E-state index in [4.69, 9.17) is 0 Å². The van der Waals surface area contributed by atoms with Gasteiger partial charge >= 0.3 is 0 Å². The van der Waals surface area contributed by atoms with Crippen molar-refractivity contribution < 1.29 is 9.90 Å². The summed E-state index contributed by atoms with van der Waals surface area (Å²) in [6.45, 7) is 2.62. The van der Waals surface area contributed by atoms with E-state index in [2.05, 4.69) is 24.4 Å². The molecule has 1 unspecified atom stereocenters. The fourth-order valence-corrected chi connectivity index (χ4v) is 4.39. The Hall–Kier alpha value is -1.00. The lowest BCUT2D eigenvalue weighted by Gasteiger charge is -2.35. The average Bonchev–Trinajstić information content (AvgIpc) is 2.92. The standard InChI is InChI=1S/C17H23NO2S/c1-12-6-8-17(20,9-7-12)11-18-16(19)15-10-13-4-2-3-5-14(13)21-15/h2-5,12,15,20H,6-11H2,1H3,(H,18,19). The first-order chi connectivity index (χ1) is 10.1. The molecule has 2 aliphatic rings. The lowest BCUT2D eigenvalue weighted by Crippen LogP contribution is -2.47. The van der Waals surface area contributed by atoms with Crippen LogP contribution in [0, 0.1) is 5.92 Å². The number of thioether (sulfide) groups is 1. The smallest absolute Gasteiger partial charge is 0.233 e. The van der Waals surface area contributed by atoms with E-state index >= 15 is 0 Å². The predicted molar refractivity (Wildman–Crippen MR) is 85.4 cm³/mol. The fraction of sp³-hybridized carbons (Fsp3) is 0.588. The lowest BCUT2D eigenvalue weighted by atomic mass is 9.79. The molecular weight excluding hydrogens is 282 g/mol. The summed E-state index contributed by atoms with van der Waals surface area (Å²) in [5, 5.41) is 13.5. The molecule has 4 heteroatoms. The molecule has 0 bridgehead atoms. The van der Waals surface area contributed by atoms with E-state index in [1.54, 1.807) is 11.8 Å². The Morgan fingerprint density at radius 1 is 1.38 bits per heavy atom. The number of benzene rings is 1. The number of amides is 1. The van der Waals surface area contributed by atoms with Crippen LogP contribution in [0.3, 0.4) is 0 Å². The van der Waals surface area contributed by atoms with Gasteiger partial charge in [0.05, 0.1) is 10.9 Å². The molecule has 1 aliphatic carbocycles. The molecule has 0 aromatic heterocycles. The van der Waals surface area contributed by atoms with Gasteiger partial charge in [-0.05, 0) is 49.7 Å². The van der Waals surface area contributed by atoms with E-state index in [0.717, 1.165) is 32.1 Å². The molecule has 0 spiro atoms. The minimum Gasteiger partial charge on any atom is -0.388 e. The predicted octanol–water partition coefficient (Wildman–Crippen LogP) is 2.76. The first-order valence-corrected chi connectivity index (χ1v) is 8.68. The van der Waals surface area contributed by atoms with Crippen molar-refractivity contribution in [2.75, 3.05) is 6.54 Å². The summed E-state index contributed by atoms with van der Waals surface area (Å²) in [5.41, 5.74) is 0.561. The Bertz CT molecular complexity index is 498. The van der Waals surface area contributed by atoms with Gasteiger partial charge in [0.15, 0.2) is 0 Å². The normalized spacial score (nSPS) is 31.7. The van der Waals surface area contributed by atoms with Crippen LogP contribution in [-0.2, 0) is 11.2 Å². The van der Waals surface area contributed by atoms with Gasteiger partial charge in [0, 0.05) is 11.4 Å². The van der Waals surface area contributed by atoms with Gasteiger partial charge in [-0.2, -0.15) is 0 Å². The van der Waals surface area contributed by atoms with Crippen molar-refractivity contribution in [3.05, 3.63) is 29.8 Å². The highest BCUT2D eigenvalue weighted by molar-refractivity contribution is 8.01. The SMILES string of the molecule is CC1CCC(O)(CNC(=O)C2Cc3ccccc3S2)CC1. The molecule has 1 heterocycles. The van der Waals surface area contributed by atoms with Crippen LogP contribution in [0.25, 0.3) is 0 Å². The Morgan fingerprint density at radius 3 is 2.81 bits per heavy atom. The number of hydrogen-bond donors (Lipinski definition) is 2. The second-order valence-corrected chi connectivity index (χ2v) is 7.79. The summed E-state index contributed by atoms with van der Waals surface area (Å²) in [6, 6.07) is 8.19. The summed E-state index contributed by atoms with van der Waals surface area (Å²) < 4.78 is 0. The third kappa shape index (κ3) is 3.43. The molecule has 1 atom stereocenters. The summed E-state index contributed by atoms with van der Waals surface area (Å²) in [4.78, 5) is 13.5. The van der Waals surface area contributed by atoms with E-state index in [1.807, 2.05) is 12.1 Å². The first kappa shape index (κ1) is 14.9. The zero-order valence-electron chi connectivity index (χ0n) is 12.5. The highest BCUT2D eigenvalue weighted by Gasteiger charge is 2.34. The number of nitrogens with one attached hydrogen (secondary N) is 1. The van der Waals surface area contributed by atoms with Crippen molar-refractivity contribution in [2.45, 2.75) is 54.8 Å². The van der Waals surface area contributed by atoms with Gasteiger partial charge in [-0.3, -0.25) is 4.79 Å². The highest BCUT2D eigenvalue weighted by Crippen LogP contribution is 2.37. The van der Waals surface area contributed by atoms with Crippen LogP contribution in [0.2, 0.25) is 0 Å². The summed E-state index contributed by atoms with van der Waals surface area (Å²) in [6.07, 6.45) is 4.49. The zero-order valence-corrected chi connectivity index (χ0v) is 13.3. The third-order valence-corrected chi connectivity index (χ3v) is 6.05. The molecule has 21 heavy (non-hydrogen) atoms. The van der Waals surface area contributed by atoms with Gasteiger partial charge < -0.3 is 10.4 Å². The molecular formula is C17H23NO2S. The van der Waals surface area contributed by atoms with Gasteiger partial charge in [0.1, 0.15) is 0 Å². The zero-order chi connectivity index (χ0) is 14.9. The first-order valence-electron chi connectivity index (χ1n) is 7.80. The van der Waals surface area contributed by atoms with E-state index in [1.165, 1.54) is 10.5 Å². The third-order valence-electron chi connectivity index (χ3n) is 4.74. The van der Waals surface area contributed by atoms with E-state index < -0.39 is 5.60 Å². The van der Waals surface area contributed by atoms with Gasteiger partial charge in [-0.15, -0.1) is 11.8 Å². The van der Waals surface area contributed by atoms with Crippen LogP contribution in [-0.4, -0.2) is 28.4 Å². The second kappa shape index (κ2) is 6.01. The molecule has 1 aromatic rings. The van der Waals surface area contributed by atoms with Gasteiger partial charge in [0.2, 0.25) is 5.91 Å². The summed E-state index contributed by atoms with van der Waals surface area (Å²) in [7, 11) is 0. The number of aliphatic hydroxyl groups is 1. The van der Waals surface area contributed by atoms with Crippen LogP contribution in [0.1, 0.15) is 38.2 Å². The number of rotatable bonds is 3. The molecule has 0 radical (unpaired) electrons. The molecule has 3 nitrogen and oxygen atoms in total. The summed E-state index contributed by atoms with van der Waals surface area (Å²) >= 11 is 1.64. The Labute approximate surface area is 130 Å². The number of carbonyl (C=O) groups is 1. The maximum absolute atomic E-state index is 12.3. The molecule has 2 N–H and O–H groups in total. The quantitative estimate of drug-likeness (QED) is 0.903. The van der Waals surface area contributed by atoms with Crippen molar-refractivity contribution in [1.82, 2.24) is 5.32 Å². The minimum absolute atomic E-state index is 0.0477.